The second-order valence-corrected chi connectivity index (χ2v) is 9.25. The summed E-state index contributed by atoms with van der Waals surface area (Å²) in [5.41, 5.74) is 2.85. The molecule has 4 rings (SSSR count). The molecular formula is C29H29F2N5O4. The Bertz CT molecular complexity index is 1540. The van der Waals surface area contributed by atoms with Gasteiger partial charge in [-0.3, -0.25) is 9.59 Å². The number of rotatable bonds is 11. The van der Waals surface area contributed by atoms with Crippen molar-refractivity contribution in [1.82, 2.24) is 14.6 Å². The van der Waals surface area contributed by atoms with Gasteiger partial charge in [0.25, 0.3) is 0 Å². The summed E-state index contributed by atoms with van der Waals surface area (Å²) >= 11 is 0. The first-order valence-electron chi connectivity index (χ1n) is 12.7. The molecule has 2 amide bonds. The minimum absolute atomic E-state index is 0.119. The van der Waals surface area contributed by atoms with Gasteiger partial charge in [-0.1, -0.05) is 18.6 Å². The molecule has 4 aromatic rings. The van der Waals surface area contributed by atoms with E-state index in [0.29, 0.717) is 30.5 Å². The molecule has 208 valence electrons. The molecule has 2 aromatic heterocycles. The summed E-state index contributed by atoms with van der Waals surface area (Å²) in [6.45, 7) is 3.90. The lowest BCUT2D eigenvalue weighted by atomic mass is 10.0. The molecule has 1 unspecified atom stereocenters. The number of hydrogen-bond acceptors (Lipinski definition) is 6. The van der Waals surface area contributed by atoms with Crippen molar-refractivity contribution in [2.24, 2.45) is 0 Å². The number of anilines is 2. The van der Waals surface area contributed by atoms with Gasteiger partial charge in [0, 0.05) is 29.2 Å². The predicted molar refractivity (Wildman–Crippen MR) is 147 cm³/mol. The number of allylic oxidation sites excluding steroid dienone is 1. The molecule has 0 bridgehead atoms. The molecular weight excluding hydrogens is 520 g/mol. The van der Waals surface area contributed by atoms with E-state index in [9.17, 15) is 23.5 Å². The Morgan fingerprint density at radius 1 is 1.07 bits per heavy atom. The molecule has 0 aliphatic rings. The number of halogens is 2. The van der Waals surface area contributed by atoms with Crippen molar-refractivity contribution < 1.29 is 28.2 Å². The second kappa shape index (κ2) is 12.9. The molecule has 1 atom stereocenters. The predicted octanol–water partition coefficient (Wildman–Crippen LogP) is 5.72. The van der Waals surface area contributed by atoms with Gasteiger partial charge in [-0.15, -0.1) is 0 Å². The van der Waals surface area contributed by atoms with Gasteiger partial charge >= 0.3 is 0 Å². The molecule has 40 heavy (non-hydrogen) atoms. The van der Waals surface area contributed by atoms with Crippen LogP contribution in [0.4, 0.5) is 20.2 Å². The maximum Gasteiger partial charge on any atom is 0.247 e. The number of amides is 2. The number of carbonyl (C=O) groups is 2. The Morgan fingerprint density at radius 2 is 1.77 bits per heavy atom. The van der Waals surface area contributed by atoms with Crippen LogP contribution in [-0.2, 0) is 9.59 Å². The van der Waals surface area contributed by atoms with E-state index in [0.717, 1.165) is 17.2 Å². The summed E-state index contributed by atoms with van der Waals surface area (Å²) in [5.74, 6) is -2.44. The highest BCUT2D eigenvalue weighted by atomic mass is 19.1. The fraction of sp³-hybridized carbons (Fsp3) is 0.241. The maximum atomic E-state index is 14.9. The molecule has 9 nitrogen and oxygen atoms in total. The van der Waals surface area contributed by atoms with Gasteiger partial charge in [0.1, 0.15) is 24.1 Å². The summed E-state index contributed by atoms with van der Waals surface area (Å²) in [6, 6.07) is 10.8. The standard InChI is InChI=1S/C29H29F2N5O4/c1-3-23(37)10-4-18(2)14-19-12-13-36-28(19)29(32-17-33-36)40-25-11-9-22(15-24(25)31)35-27(39)16-26(38)34-21-7-5-20(30)6-8-21/h5-9,11-15,17,23,37H,3-4,10,16H2,1-2H3,(H,34,38)(H,35,39)/b18-14+. The molecule has 0 saturated heterocycles. The summed E-state index contributed by atoms with van der Waals surface area (Å²) < 4.78 is 35.3. The van der Waals surface area contributed by atoms with E-state index in [4.69, 9.17) is 4.74 Å². The number of fused-ring (bicyclic) bond motifs is 1. The normalized spacial score (nSPS) is 12.3. The molecule has 2 aromatic carbocycles. The van der Waals surface area contributed by atoms with Gasteiger partial charge in [0.05, 0.1) is 6.10 Å². The Morgan fingerprint density at radius 3 is 2.48 bits per heavy atom. The molecule has 0 aliphatic heterocycles. The number of nitrogens with one attached hydrogen (secondary N) is 2. The first-order chi connectivity index (χ1) is 19.2. The number of aliphatic hydroxyl groups is 1. The van der Waals surface area contributed by atoms with Crippen LogP contribution in [-0.4, -0.2) is 37.6 Å². The van der Waals surface area contributed by atoms with Crippen molar-refractivity contribution in [2.45, 2.75) is 45.6 Å². The third kappa shape index (κ3) is 7.48. The highest BCUT2D eigenvalue weighted by Crippen LogP contribution is 2.31. The van der Waals surface area contributed by atoms with Gasteiger partial charge in [0.2, 0.25) is 17.7 Å². The quantitative estimate of drug-likeness (QED) is 0.206. The molecule has 11 heteroatoms. The van der Waals surface area contributed by atoms with E-state index in [1.54, 1.807) is 10.7 Å². The van der Waals surface area contributed by atoms with Crippen LogP contribution in [0.25, 0.3) is 11.6 Å². The van der Waals surface area contributed by atoms with Crippen LogP contribution in [0, 0.1) is 11.6 Å². The second-order valence-electron chi connectivity index (χ2n) is 9.25. The number of aromatic nitrogens is 3. The topological polar surface area (TPSA) is 118 Å². The molecule has 0 saturated carbocycles. The number of carbonyl (C=O) groups excluding carboxylic acids is 2. The molecule has 2 heterocycles. The monoisotopic (exact) mass is 549 g/mol. The lowest BCUT2D eigenvalue weighted by molar-refractivity contribution is -0.123. The Hall–Kier alpha value is -4.64. The van der Waals surface area contributed by atoms with Crippen LogP contribution in [0.1, 0.15) is 45.1 Å². The number of hydrogen-bond donors (Lipinski definition) is 3. The summed E-state index contributed by atoms with van der Waals surface area (Å²) in [7, 11) is 0. The summed E-state index contributed by atoms with van der Waals surface area (Å²) in [5, 5.41) is 19.0. The van der Waals surface area contributed by atoms with Crippen LogP contribution in [0.3, 0.4) is 0 Å². The van der Waals surface area contributed by atoms with Gasteiger partial charge in [0.15, 0.2) is 11.6 Å². The number of ether oxygens (including phenoxy) is 1. The van der Waals surface area contributed by atoms with E-state index in [1.807, 2.05) is 26.0 Å². The van der Waals surface area contributed by atoms with E-state index >= 15 is 0 Å². The van der Waals surface area contributed by atoms with Gasteiger partial charge in [-0.2, -0.15) is 10.1 Å². The summed E-state index contributed by atoms with van der Waals surface area (Å²) in [4.78, 5) is 28.6. The van der Waals surface area contributed by atoms with Crippen molar-refractivity contribution in [3.63, 3.8) is 0 Å². The highest BCUT2D eigenvalue weighted by Gasteiger charge is 2.16. The van der Waals surface area contributed by atoms with Crippen LogP contribution in [0.15, 0.2) is 66.6 Å². The minimum atomic E-state index is -0.751. The Labute approximate surface area is 229 Å². The third-order valence-corrected chi connectivity index (χ3v) is 6.07. The van der Waals surface area contributed by atoms with Gasteiger partial charge in [-0.05, 0) is 68.7 Å². The van der Waals surface area contributed by atoms with E-state index in [2.05, 4.69) is 20.7 Å². The molecule has 0 radical (unpaired) electrons. The minimum Gasteiger partial charge on any atom is -0.434 e. The lowest BCUT2D eigenvalue weighted by Gasteiger charge is -2.11. The third-order valence-electron chi connectivity index (χ3n) is 6.07. The largest absolute Gasteiger partial charge is 0.434 e. The fourth-order valence-electron chi connectivity index (χ4n) is 3.93. The fourth-order valence-corrected chi connectivity index (χ4v) is 3.93. The SMILES string of the molecule is CCC(O)CC/C(C)=C/c1ccn2ncnc(Oc3ccc(NC(=O)CC(=O)Nc4ccc(F)cc4)cc3F)c12. The first kappa shape index (κ1) is 28.4. The van der Waals surface area contributed by atoms with Crippen molar-refractivity contribution >= 4 is 34.8 Å². The van der Waals surface area contributed by atoms with Gasteiger partial charge < -0.3 is 20.5 Å². The zero-order chi connectivity index (χ0) is 28.6. The smallest absolute Gasteiger partial charge is 0.247 e. The molecule has 3 N–H and O–H groups in total. The first-order valence-corrected chi connectivity index (χ1v) is 12.7. The van der Waals surface area contributed by atoms with E-state index in [1.165, 1.54) is 42.7 Å². The number of aliphatic hydroxyl groups excluding tert-OH is 1. The highest BCUT2D eigenvalue weighted by molar-refractivity contribution is 6.08. The molecule has 0 spiro atoms. The van der Waals surface area contributed by atoms with Crippen LogP contribution >= 0.6 is 0 Å². The van der Waals surface area contributed by atoms with Crippen LogP contribution in [0.2, 0.25) is 0 Å². The van der Waals surface area contributed by atoms with Crippen LogP contribution < -0.4 is 15.4 Å². The van der Waals surface area contributed by atoms with Crippen molar-refractivity contribution in [2.75, 3.05) is 10.6 Å². The van der Waals surface area contributed by atoms with Crippen molar-refractivity contribution in [3.8, 4) is 11.6 Å². The lowest BCUT2D eigenvalue weighted by Crippen LogP contribution is -2.21. The van der Waals surface area contributed by atoms with Crippen LogP contribution in [0.5, 0.6) is 11.6 Å². The van der Waals surface area contributed by atoms with E-state index < -0.39 is 29.9 Å². The summed E-state index contributed by atoms with van der Waals surface area (Å²) in [6.07, 6.45) is 6.17. The van der Waals surface area contributed by atoms with Gasteiger partial charge in [-0.25, -0.2) is 13.3 Å². The van der Waals surface area contributed by atoms with Crippen molar-refractivity contribution in [1.29, 1.82) is 0 Å². The zero-order valence-electron chi connectivity index (χ0n) is 22.0. The average Bonchev–Trinajstić information content (AvgIpc) is 3.33. The molecule has 0 fully saturated rings. The average molecular weight is 550 g/mol. The Kier molecular flexibility index (Phi) is 9.18. The number of nitrogens with zero attached hydrogens (tertiary/aromatic N) is 3. The maximum absolute atomic E-state index is 14.9. The Balaban J connectivity index is 1.42. The molecule has 0 aliphatic carbocycles. The van der Waals surface area contributed by atoms with E-state index in [-0.39, 0.29) is 23.4 Å². The van der Waals surface area contributed by atoms with Crippen molar-refractivity contribution in [3.05, 3.63) is 83.8 Å². The number of benzene rings is 2. The zero-order valence-corrected chi connectivity index (χ0v) is 22.0.